The Labute approximate surface area is 115 Å². The second-order valence-corrected chi connectivity index (χ2v) is 5.43. The highest BCUT2D eigenvalue weighted by molar-refractivity contribution is 5.23. The average molecular weight is 257 g/mol. The predicted molar refractivity (Wildman–Crippen MR) is 79.2 cm³/mol. The second-order valence-electron chi connectivity index (χ2n) is 5.43. The van der Waals surface area contributed by atoms with Crippen molar-refractivity contribution in [2.24, 2.45) is 0 Å². The van der Waals surface area contributed by atoms with Gasteiger partial charge in [-0.3, -0.25) is 4.68 Å². The minimum Gasteiger partial charge on any atom is -0.310 e. The highest BCUT2D eigenvalue weighted by Crippen LogP contribution is 2.11. The zero-order valence-electron chi connectivity index (χ0n) is 12.3. The van der Waals surface area contributed by atoms with E-state index in [0.717, 1.165) is 13.1 Å². The van der Waals surface area contributed by atoms with Gasteiger partial charge in [-0.25, -0.2) is 0 Å². The van der Waals surface area contributed by atoms with Crippen molar-refractivity contribution in [2.45, 2.75) is 46.8 Å². The first-order chi connectivity index (χ1) is 9.06. The van der Waals surface area contributed by atoms with Crippen LogP contribution in [0.4, 0.5) is 0 Å². The van der Waals surface area contributed by atoms with E-state index in [4.69, 9.17) is 0 Å². The smallest absolute Gasteiger partial charge is 0.0662 e. The van der Waals surface area contributed by atoms with Crippen molar-refractivity contribution >= 4 is 0 Å². The second kappa shape index (κ2) is 6.02. The predicted octanol–water partition coefficient (Wildman–Crippen LogP) is 3.05. The highest BCUT2D eigenvalue weighted by Gasteiger charge is 2.07. The third-order valence-electron chi connectivity index (χ3n) is 3.36. The van der Waals surface area contributed by atoms with Crippen LogP contribution in [0.25, 0.3) is 0 Å². The number of aryl methyl sites for hydroxylation is 1. The lowest BCUT2D eigenvalue weighted by atomic mass is 10.1. The van der Waals surface area contributed by atoms with Crippen LogP contribution in [-0.2, 0) is 13.1 Å². The van der Waals surface area contributed by atoms with Crippen molar-refractivity contribution in [1.29, 1.82) is 0 Å². The fourth-order valence-corrected chi connectivity index (χ4v) is 2.00. The summed E-state index contributed by atoms with van der Waals surface area (Å²) in [5, 5.41) is 7.92. The van der Waals surface area contributed by atoms with Gasteiger partial charge >= 0.3 is 0 Å². The van der Waals surface area contributed by atoms with E-state index >= 15 is 0 Å². The molecule has 3 nitrogen and oxygen atoms in total. The molecule has 1 aromatic heterocycles. The van der Waals surface area contributed by atoms with E-state index in [1.807, 2.05) is 6.20 Å². The summed E-state index contributed by atoms with van der Waals surface area (Å²) in [6.45, 7) is 10.3. The van der Waals surface area contributed by atoms with Gasteiger partial charge in [0.05, 0.1) is 12.7 Å². The molecule has 0 fully saturated rings. The van der Waals surface area contributed by atoms with E-state index in [0.29, 0.717) is 6.04 Å². The SMILES string of the molecule is Cc1ccc(Cn2ncc(CNC(C)C)c2C)cc1. The number of hydrogen-bond donors (Lipinski definition) is 1. The summed E-state index contributed by atoms with van der Waals surface area (Å²) in [6.07, 6.45) is 1.97. The number of nitrogens with one attached hydrogen (secondary N) is 1. The largest absolute Gasteiger partial charge is 0.310 e. The summed E-state index contributed by atoms with van der Waals surface area (Å²) in [5.41, 5.74) is 5.11. The van der Waals surface area contributed by atoms with Crippen LogP contribution >= 0.6 is 0 Å². The molecule has 0 radical (unpaired) electrons. The van der Waals surface area contributed by atoms with Crippen molar-refractivity contribution in [3.63, 3.8) is 0 Å². The van der Waals surface area contributed by atoms with Gasteiger partial charge in [0.1, 0.15) is 0 Å². The van der Waals surface area contributed by atoms with Gasteiger partial charge in [0.15, 0.2) is 0 Å². The number of rotatable bonds is 5. The van der Waals surface area contributed by atoms with E-state index in [9.17, 15) is 0 Å². The van der Waals surface area contributed by atoms with Gasteiger partial charge in [0, 0.05) is 23.8 Å². The molecule has 1 aromatic carbocycles. The van der Waals surface area contributed by atoms with Crippen LogP contribution < -0.4 is 5.32 Å². The quantitative estimate of drug-likeness (QED) is 0.892. The summed E-state index contributed by atoms with van der Waals surface area (Å²) in [5.74, 6) is 0. The molecular weight excluding hydrogens is 234 g/mol. The standard InChI is InChI=1S/C16H23N3/c1-12(2)17-9-16-10-18-19(14(16)4)11-15-7-5-13(3)6-8-15/h5-8,10,12,17H,9,11H2,1-4H3. The minimum atomic E-state index is 0.500. The van der Waals surface area contributed by atoms with Gasteiger partial charge in [-0.2, -0.15) is 5.10 Å². The Morgan fingerprint density at radius 1 is 1.16 bits per heavy atom. The molecule has 0 bridgehead atoms. The highest BCUT2D eigenvalue weighted by atomic mass is 15.3. The van der Waals surface area contributed by atoms with E-state index in [-0.39, 0.29) is 0 Å². The molecule has 2 rings (SSSR count). The molecular formula is C16H23N3. The molecule has 0 atom stereocenters. The van der Waals surface area contributed by atoms with Crippen LogP contribution in [0.5, 0.6) is 0 Å². The van der Waals surface area contributed by atoms with Crippen LogP contribution in [0.15, 0.2) is 30.5 Å². The molecule has 1 N–H and O–H groups in total. The Bertz CT molecular complexity index is 523. The monoisotopic (exact) mass is 257 g/mol. The van der Waals surface area contributed by atoms with E-state index in [1.54, 1.807) is 0 Å². The summed E-state index contributed by atoms with van der Waals surface area (Å²) < 4.78 is 2.07. The topological polar surface area (TPSA) is 29.9 Å². The molecule has 0 spiro atoms. The molecule has 0 amide bonds. The third-order valence-corrected chi connectivity index (χ3v) is 3.36. The first kappa shape index (κ1) is 13.8. The van der Waals surface area contributed by atoms with Crippen molar-refractivity contribution in [1.82, 2.24) is 15.1 Å². The Morgan fingerprint density at radius 3 is 2.47 bits per heavy atom. The fraction of sp³-hybridized carbons (Fsp3) is 0.438. The van der Waals surface area contributed by atoms with Crippen LogP contribution in [0, 0.1) is 13.8 Å². The molecule has 0 aliphatic carbocycles. The fourth-order valence-electron chi connectivity index (χ4n) is 2.00. The van der Waals surface area contributed by atoms with Crippen molar-refractivity contribution in [3.05, 3.63) is 52.8 Å². The van der Waals surface area contributed by atoms with Gasteiger partial charge in [-0.15, -0.1) is 0 Å². The van der Waals surface area contributed by atoms with Crippen LogP contribution in [0.2, 0.25) is 0 Å². The zero-order valence-corrected chi connectivity index (χ0v) is 12.3. The molecule has 19 heavy (non-hydrogen) atoms. The third kappa shape index (κ3) is 3.67. The van der Waals surface area contributed by atoms with E-state index in [1.165, 1.54) is 22.4 Å². The normalized spacial score (nSPS) is 11.2. The molecule has 0 saturated heterocycles. The molecule has 0 unspecified atom stereocenters. The molecule has 0 aliphatic rings. The summed E-state index contributed by atoms with van der Waals surface area (Å²) in [4.78, 5) is 0. The maximum absolute atomic E-state index is 4.49. The van der Waals surface area contributed by atoms with Crippen LogP contribution in [0.1, 0.15) is 36.2 Å². The Morgan fingerprint density at radius 2 is 1.84 bits per heavy atom. The molecule has 3 heteroatoms. The number of nitrogens with zero attached hydrogens (tertiary/aromatic N) is 2. The summed E-state index contributed by atoms with van der Waals surface area (Å²) in [6, 6.07) is 9.13. The Hall–Kier alpha value is -1.61. The maximum atomic E-state index is 4.49. The van der Waals surface area contributed by atoms with Gasteiger partial charge in [0.25, 0.3) is 0 Å². The number of aromatic nitrogens is 2. The van der Waals surface area contributed by atoms with Crippen molar-refractivity contribution in [3.8, 4) is 0 Å². The molecule has 2 aromatic rings. The lowest BCUT2D eigenvalue weighted by Gasteiger charge is -2.09. The lowest BCUT2D eigenvalue weighted by molar-refractivity contribution is 0.585. The van der Waals surface area contributed by atoms with Gasteiger partial charge in [-0.05, 0) is 19.4 Å². The van der Waals surface area contributed by atoms with Gasteiger partial charge < -0.3 is 5.32 Å². The van der Waals surface area contributed by atoms with Crippen LogP contribution in [0.3, 0.4) is 0 Å². The first-order valence-electron chi connectivity index (χ1n) is 6.86. The van der Waals surface area contributed by atoms with Gasteiger partial charge in [0.2, 0.25) is 0 Å². The van der Waals surface area contributed by atoms with E-state index < -0.39 is 0 Å². The lowest BCUT2D eigenvalue weighted by Crippen LogP contribution is -2.22. The summed E-state index contributed by atoms with van der Waals surface area (Å²) >= 11 is 0. The van der Waals surface area contributed by atoms with Crippen LogP contribution in [-0.4, -0.2) is 15.8 Å². The average Bonchev–Trinajstić information content (AvgIpc) is 2.71. The molecule has 0 aliphatic heterocycles. The van der Waals surface area contributed by atoms with E-state index in [2.05, 4.69) is 67.1 Å². The zero-order chi connectivity index (χ0) is 13.8. The first-order valence-corrected chi connectivity index (χ1v) is 6.86. The molecule has 102 valence electrons. The molecule has 0 saturated carbocycles. The maximum Gasteiger partial charge on any atom is 0.0662 e. The number of benzene rings is 1. The van der Waals surface area contributed by atoms with Crippen molar-refractivity contribution in [2.75, 3.05) is 0 Å². The Balaban J connectivity index is 2.07. The molecule has 1 heterocycles. The van der Waals surface area contributed by atoms with Gasteiger partial charge in [-0.1, -0.05) is 43.7 Å². The minimum absolute atomic E-state index is 0.500. The summed E-state index contributed by atoms with van der Waals surface area (Å²) in [7, 11) is 0. The van der Waals surface area contributed by atoms with Crippen molar-refractivity contribution < 1.29 is 0 Å². The Kier molecular flexibility index (Phi) is 4.38. The number of hydrogen-bond acceptors (Lipinski definition) is 2.